The van der Waals surface area contributed by atoms with Gasteiger partial charge in [0, 0.05) is 56.5 Å². The molecule has 1 aromatic heterocycles. The van der Waals surface area contributed by atoms with Crippen LogP contribution in [-0.4, -0.2) is 58.6 Å². The summed E-state index contributed by atoms with van der Waals surface area (Å²) >= 11 is 6.10. The first-order valence-corrected chi connectivity index (χ1v) is 12.3. The van der Waals surface area contributed by atoms with Gasteiger partial charge in [-0.2, -0.15) is 18.3 Å². The quantitative estimate of drug-likeness (QED) is 0.369. The van der Waals surface area contributed by atoms with Crippen LogP contribution in [-0.2, 0) is 19.3 Å². The van der Waals surface area contributed by atoms with Gasteiger partial charge in [-0.05, 0) is 49.2 Å². The zero-order valence-electron chi connectivity index (χ0n) is 19.8. The van der Waals surface area contributed by atoms with Crippen molar-refractivity contribution in [2.45, 2.75) is 32.1 Å². The highest BCUT2D eigenvalue weighted by Gasteiger charge is 2.30. The van der Waals surface area contributed by atoms with E-state index in [1.807, 2.05) is 18.2 Å². The molecule has 0 saturated carbocycles. The van der Waals surface area contributed by atoms with Crippen LogP contribution >= 0.6 is 11.6 Å². The monoisotopic (exact) mass is 523 g/mol. The molecule has 36 heavy (non-hydrogen) atoms. The fraction of sp³-hybridized carbons (Fsp3) is 0.440. The lowest BCUT2D eigenvalue weighted by molar-refractivity contribution is -0.137. The van der Waals surface area contributed by atoms with Crippen LogP contribution in [0.1, 0.15) is 18.4 Å². The van der Waals surface area contributed by atoms with Gasteiger partial charge in [0.2, 0.25) is 0 Å². The van der Waals surface area contributed by atoms with Crippen molar-refractivity contribution in [2.75, 3.05) is 44.2 Å². The zero-order valence-corrected chi connectivity index (χ0v) is 20.6. The number of anilines is 1. The van der Waals surface area contributed by atoms with Gasteiger partial charge in [-0.3, -0.25) is 9.47 Å². The van der Waals surface area contributed by atoms with Crippen molar-refractivity contribution in [3.63, 3.8) is 0 Å². The number of hydrogen-bond acceptors (Lipinski definition) is 5. The van der Waals surface area contributed by atoms with Crippen molar-refractivity contribution in [1.82, 2.24) is 19.2 Å². The van der Waals surface area contributed by atoms with Crippen molar-refractivity contribution in [1.29, 1.82) is 0 Å². The molecule has 0 radical (unpaired) electrons. The topological polar surface area (TPSA) is 55.5 Å². The van der Waals surface area contributed by atoms with Crippen LogP contribution < -0.4 is 15.3 Å². The Bertz CT molecular complexity index is 1190. The van der Waals surface area contributed by atoms with Crippen molar-refractivity contribution in [2.24, 2.45) is 0 Å². The number of alkyl halides is 3. The smallest absolute Gasteiger partial charge is 0.416 e. The maximum atomic E-state index is 12.8. The Balaban J connectivity index is 1.16. The van der Waals surface area contributed by atoms with E-state index in [4.69, 9.17) is 16.3 Å². The van der Waals surface area contributed by atoms with Gasteiger partial charge in [-0.25, -0.2) is 9.48 Å². The average molecular weight is 524 g/mol. The molecule has 0 bridgehead atoms. The van der Waals surface area contributed by atoms with E-state index in [0.717, 1.165) is 62.0 Å². The molecule has 0 aliphatic carbocycles. The summed E-state index contributed by atoms with van der Waals surface area (Å²) in [5, 5.41) is 4.93. The second-order valence-corrected chi connectivity index (χ2v) is 9.16. The van der Waals surface area contributed by atoms with Gasteiger partial charge in [0.05, 0.1) is 12.2 Å². The van der Waals surface area contributed by atoms with Crippen molar-refractivity contribution >= 4 is 17.3 Å². The van der Waals surface area contributed by atoms with Gasteiger partial charge < -0.3 is 9.64 Å². The number of ether oxygens (including phenoxy) is 1. The van der Waals surface area contributed by atoms with Crippen LogP contribution in [0, 0.1) is 0 Å². The highest BCUT2D eigenvalue weighted by atomic mass is 35.5. The average Bonchev–Trinajstić information content (AvgIpc) is 3.21. The maximum absolute atomic E-state index is 12.8. The van der Waals surface area contributed by atoms with E-state index in [2.05, 4.69) is 21.0 Å². The van der Waals surface area contributed by atoms with Gasteiger partial charge >= 0.3 is 11.9 Å². The Morgan fingerprint density at radius 2 is 1.72 bits per heavy atom. The summed E-state index contributed by atoms with van der Waals surface area (Å²) in [5.41, 5.74) is 0.194. The summed E-state index contributed by atoms with van der Waals surface area (Å²) in [4.78, 5) is 17.3. The van der Waals surface area contributed by atoms with E-state index >= 15 is 0 Å². The molecule has 4 rings (SSSR count). The molecule has 7 nitrogen and oxygen atoms in total. The predicted octanol–water partition coefficient (Wildman–Crippen LogP) is 4.40. The molecule has 0 N–H and O–H groups in total. The summed E-state index contributed by atoms with van der Waals surface area (Å²) in [6.45, 7) is 5.73. The third-order valence-electron chi connectivity index (χ3n) is 6.16. The summed E-state index contributed by atoms with van der Waals surface area (Å²) in [6, 6.07) is 12.7. The minimum absolute atomic E-state index is 0.154. The first-order valence-electron chi connectivity index (χ1n) is 11.9. The second kappa shape index (κ2) is 11.8. The van der Waals surface area contributed by atoms with Gasteiger partial charge in [-0.1, -0.05) is 23.7 Å². The number of piperazine rings is 1. The standard InChI is InChI=1S/C25H29ClF3N5O2/c26-21-6-2-7-22(18-21)32-14-12-31(13-15-32)9-3-11-34-24(35)33(19-30-34)10-4-16-36-23-8-1-5-20(17-23)25(27,28)29/h1-2,5-8,17-19H,3-4,9-16H2. The molecule has 3 aromatic rings. The molecule has 1 fully saturated rings. The molecule has 0 amide bonds. The summed E-state index contributed by atoms with van der Waals surface area (Å²) in [6.07, 6.45) is -1.63. The molecular weight excluding hydrogens is 495 g/mol. The van der Waals surface area contributed by atoms with E-state index in [1.165, 1.54) is 27.7 Å². The van der Waals surface area contributed by atoms with E-state index in [-0.39, 0.29) is 18.0 Å². The van der Waals surface area contributed by atoms with E-state index in [9.17, 15) is 18.0 Å². The van der Waals surface area contributed by atoms with Gasteiger partial charge in [0.1, 0.15) is 12.1 Å². The lowest BCUT2D eigenvalue weighted by atomic mass is 10.2. The molecule has 1 aliphatic rings. The number of hydrogen-bond donors (Lipinski definition) is 0. The maximum Gasteiger partial charge on any atom is 0.416 e. The third-order valence-corrected chi connectivity index (χ3v) is 6.40. The Morgan fingerprint density at radius 1 is 0.944 bits per heavy atom. The van der Waals surface area contributed by atoms with Crippen LogP contribution in [0.2, 0.25) is 5.02 Å². The molecule has 2 aromatic carbocycles. The lowest BCUT2D eigenvalue weighted by Gasteiger charge is -2.36. The number of nitrogens with zero attached hydrogens (tertiary/aromatic N) is 5. The largest absolute Gasteiger partial charge is 0.494 e. The van der Waals surface area contributed by atoms with E-state index in [1.54, 1.807) is 0 Å². The number of benzene rings is 2. The first-order chi connectivity index (χ1) is 17.3. The minimum atomic E-state index is -4.41. The van der Waals surface area contributed by atoms with Gasteiger partial charge in [0.25, 0.3) is 0 Å². The Kier molecular flexibility index (Phi) is 8.58. The summed E-state index contributed by atoms with van der Waals surface area (Å²) < 4.78 is 46.8. The molecule has 11 heteroatoms. The molecule has 1 aliphatic heterocycles. The number of aryl methyl sites for hydroxylation is 2. The summed E-state index contributed by atoms with van der Waals surface area (Å²) in [7, 11) is 0. The molecule has 0 spiro atoms. The Labute approximate surface area is 212 Å². The second-order valence-electron chi connectivity index (χ2n) is 8.72. The fourth-order valence-electron chi connectivity index (χ4n) is 4.21. The highest BCUT2D eigenvalue weighted by molar-refractivity contribution is 6.30. The SMILES string of the molecule is O=c1n(CCCOc2cccc(C(F)(F)F)c2)cnn1CCCN1CCN(c2cccc(Cl)c2)CC1. The molecule has 1 saturated heterocycles. The van der Waals surface area contributed by atoms with Crippen molar-refractivity contribution in [3.05, 3.63) is 75.9 Å². The Hall–Kier alpha value is -2.98. The third kappa shape index (κ3) is 7.04. The van der Waals surface area contributed by atoms with Gasteiger partial charge in [-0.15, -0.1) is 0 Å². The van der Waals surface area contributed by atoms with E-state index < -0.39 is 11.7 Å². The molecule has 0 unspecified atom stereocenters. The predicted molar refractivity (Wildman–Crippen MR) is 133 cm³/mol. The van der Waals surface area contributed by atoms with Crippen LogP contribution in [0.4, 0.5) is 18.9 Å². The normalized spacial score (nSPS) is 14.8. The summed E-state index contributed by atoms with van der Waals surface area (Å²) in [5.74, 6) is 0.154. The molecule has 0 atom stereocenters. The van der Waals surface area contributed by atoms with E-state index in [0.29, 0.717) is 19.5 Å². The molecular formula is C25H29ClF3N5O2. The Morgan fingerprint density at radius 3 is 2.47 bits per heavy atom. The van der Waals surface area contributed by atoms with Crippen molar-refractivity contribution < 1.29 is 17.9 Å². The number of rotatable bonds is 10. The fourth-order valence-corrected chi connectivity index (χ4v) is 4.40. The van der Waals surface area contributed by atoms with Crippen LogP contribution in [0.3, 0.4) is 0 Å². The van der Waals surface area contributed by atoms with Crippen LogP contribution in [0.5, 0.6) is 5.75 Å². The van der Waals surface area contributed by atoms with Crippen molar-refractivity contribution in [3.8, 4) is 5.75 Å². The number of halogens is 4. The minimum Gasteiger partial charge on any atom is -0.494 e. The van der Waals surface area contributed by atoms with Crippen LogP contribution in [0.15, 0.2) is 59.7 Å². The zero-order chi connectivity index (χ0) is 25.5. The van der Waals surface area contributed by atoms with Gasteiger partial charge in [0.15, 0.2) is 0 Å². The molecule has 2 heterocycles. The molecule has 194 valence electrons. The number of aromatic nitrogens is 3. The lowest BCUT2D eigenvalue weighted by Crippen LogP contribution is -2.46. The highest BCUT2D eigenvalue weighted by Crippen LogP contribution is 2.31. The van der Waals surface area contributed by atoms with Crippen LogP contribution in [0.25, 0.3) is 0 Å². The first kappa shape index (κ1) is 26.1.